The van der Waals surface area contributed by atoms with Gasteiger partial charge in [0.25, 0.3) is 5.91 Å². The van der Waals surface area contributed by atoms with Crippen LogP contribution in [0, 0.1) is 5.82 Å². The van der Waals surface area contributed by atoms with Gasteiger partial charge in [0, 0.05) is 10.2 Å². The van der Waals surface area contributed by atoms with E-state index < -0.39 is 11.7 Å². The molecule has 0 unspecified atom stereocenters. The fraction of sp³-hybridized carbons (Fsp3) is 0. The minimum absolute atomic E-state index is 0.00503. The van der Waals surface area contributed by atoms with E-state index in [0.717, 1.165) is 10.2 Å². The Labute approximate surface area is 146 Å². The lowest BCUT2D eigenvalue weighted by atomic mass is 10.2. The molecule has 1 aromatic heterocycles. The number of nitrogens with zero attached hydrogens (tertiary/aromatic N) is 1. The average Bonchev–Trinajstić information content (AvgIpc) is 2.59. The van der Waals surface area contributed by atoms with E-state index in [0.29, 0.717) is 11.5 Å². The number of hydrogen-bond acceptors (Lipinski definition) is 3. The monoisotopic (exact) mass is 385 g/mol. The maximum atomic E-state index is 13.6. The van der Waals surface area contributed by atoms with Gasteiger partial charge in [-0.25, -0.2) is 9.37 Å². The zero-order chi connectivity index (χ0) is 16.9. The normalized spacial score (nSPS) is 10.2. The number of carbonyl (C=O) groups is 1. The summed E-state index contributed by atoms with van der Waals surface area (Å²) in [5.41, 5.74) is 1.38. The molecule has 0 atom stereocenters. The molecule has 120 valence electrons. The Morgan fingerprint density at radius 2 is 1.67 bits per heavy atom. The van der Waals surface area contributed by atoms with Gasteiger partial charge in [0.2, 0.25) is 0 Å². The molecule has 2 N–H and O–H groups in total. The molecule has 4 nitrogen and oxygen atoms in total. The minimum Gasteiger partial charge on any atom is -0.340 e. The highest BCUT2D eigenvalue weighted by molar-refractivity contribution is 9.10. The zero-order valence-corrected chi connectivity index (χ0v) is 14.0. The third-order valence-corrected chi connectivity index (χ3v) is 3.79. The van der Waals surface area contributed by atoms with E-state index in [-0.39, 0.29) is 5.56 Å². The quantitative estimate of drug-likeness (QED) is 0.665. The van der Waals surface area contributed by atoms with Crippen molar-refractivity contribution in [1.82, 2.24) is 4.98 Å². The molecule has 1 amide bonds. The van der Waals surface area contributed by atoms with Gasteiger partial charge in [0.15, 0.2) is 0 Å². The number of halogens is 2. The van der Waals surface area contributed by atoms with E-state index >= 15 is 0 Å². The van der Waals surface area contributed by atoms with Crippen molar-refractivity contribution in [1.29, 1.82) is 0 Å². The Balaban J connectivity index is 1.67. The molecule has 24 heavy (non-hydrogen) atoms. The molecular formula is C18H13BrFN3O. The molecule has 0 saturated heterocycles. The number of rotatable bonds is 4. The number of nitrogens with one attached hydrogen (secondary N) is 2. The summed E-state index contributed by atoms with van der Waals surface area (Å²) in [4.78, 5) is 16.3. The zero-order valence-electron chi connectivity index (χ0n) is 12.5. The van der Waals surface area contributed by atoms with E-state index in [1.807, 2.05) is 24.3 Å². The summed E-state index contributed by atoms with van der Waals surface area (Å²) in [5, 5.41) is 5.77. The second-order valence-corrected chi connectivity index (χ2v) is 5.91. The molecule has 3 rings (SSSR count). The van der Waals surface area contributed by atoms with Gasteiger partial charge >= 0.3 is 0 Å². The van der Waals surface area contributed by atoms with Crippen LogP contribution in [0.5, 0.6) is 0 Å². The first-order valence-corrected chi connectivity index (χ1v) is 7.95. The first kappa shape index (κ1) is 16.1. The molecule has 0 saturated carbocycles. The lowest BCUT2D eigenvalue weighted by Gasteiger charge is -2.08. The molecule has 0 aliphatic carbocycles. The molecule has 6 heteroatoms. The van der Waals surface area contributed by atoms with Crippen molar-refractivity contribution in [2.45, 2.75) is 0 Å². The standard InChI is InChI=1S/C18H13BrFN3O/c19-12-5-7-13(8-6-12)22-17-10-9-14(11-21-17)23-18(24)15-3-1-2-4-16(15)20/h1-11H,(H,21,22)(H,23,24). The summed E-state index contributed by atoms with van der Waals surface area (Å²) in [6, 6.07) is 16.9. The van der Waals surface area contributed by atoms with Crippen molar-refractivity contribution in [2.75, 3.05) is 10.6 Å². The fourth-order valence-electron chi connectivity index (χ4n) is 2.07. The van der Waals surface area contributed by atoms with Crippen molar-refractivity contribution >= 4 is 39.0 Å². The van der Waals surface area contributed by atoms with Crippen LogP contribution in [0.1, 0.15) is 10.4 Å². The first-order valence-electron chi connectivity index (χ1n) is 7.16. The summed E-state index contributed by atoms with van der Waals surface area (Å²) in [7, 11) is 0. The largest absolute Gasteiger partial charge is 0.340 e. The van der Waals surface area contributed by atoms with Crippen LogP contribution < -0.4 is 10.6 Å². The molecule has 0 radical (unpaired) electrons. The van der Waals surface area contributed by atoms with Gasteiger partial charge in [-0.2, -0.15) is 0 Å². The van der Waals surface area contributed by atoms with Crippen LogP contribution in [-0.4, -0.2) is 10.9 Å². The number of anilines is 3. The average molecular weight is 386 g/mol. The van der Waals surface area contributed by atoms with E-state index in [1.54, 1.807) is 18.2 Å². The number of amides is 1. The molecule has 0 bridgehead atoms. The number of pyridine rings is 1. The van der Waals surface area contributed by atoms with Crippen molar-refractivity contribution in [2.24, 2.45) is 0 Å². The van der Waals surface area contributed by atoms with Crippen LogP contribution >= 0.6 is 15.9 Å². The Kier molecular flexibility index (Phi) is 4.86. The van der Waals surface area contributed by atoms with Crippen LogP contribution in [0.4, 0.5) is 21.6 Å². The summed E-state index contributed by atoms with van der Waals surface area (Å²) < 4.78 is 14.6. The van der Waals surface area contributed by atoms with E-state index in [4.69, 9.17) is 0 Å². The second-order valence-electron chi connectivity index (χ2n) is 5.00. The highest BCUT2D eigenvalue weighted by atomic mass is 79.9. The van der Waals surface area contributed by atoms with E-state index in [9.17, 15) is 9.18 Å². The van der Waals surface area contributed by atoms with Crippen LogP contribution in [0.3, 0.4) is 0 Å². The van der Waals surface area contributed by atoms with Gasteiger partial charge in [-0.15, -0.1) is 0 Å². The molecule has 0 fully saturated rings. The summed E-state index contributed by atoms with van der Waals surface area (Å²) in [6.07, 6.45) is 1.51. The van der Waals surface area contributed by atoms with Crippen LogP contribution in [0.15, 0.2) is 71.3 Å². The lowest BCUT2D eigenvalue weighted by molar-refractivity contribution is 0.102. The Morgan fingerprint density at radius 3 is 2.33 bits per heavy atom. The third-order valence-electron chi connectivity index (χ3n) is 3.26. The number of aromatic nitrogens is 1. The highest BCUT2D eigenvalue weighted by Crippen LogP contribution is 2.19. The maximum absolute atomic E-state index is 13.6. The minimum atomic E-state index is -0.559. The SMILES string of the molecule is O=C(Nc1ccc(Nc2ccc(Br)cc2)nc1)c1ccccc1F. The number of hydrogen-bond donors (Lipinski definition) is 2. The molecule has 0 spiro atoms. The molecule has 1 heterocycles. The van der Waals surface area contributed by atoms with Gasteiger partial charge in [-0.05, 0) is 48.5 Å². The third kappa shape index (κ3) is 3.97. The van der Waals surface area contributed by atoms with Gasteiger partial charge < -0.3 is 10.6 Å². The molecule has 0 aliphatic rings. The van der Waals surface area contributed by atoms with Gasteiger partial charge in [-0.3, -0.25) is 4.79 Å². The predicted octanol–water partition coefficient (Wildman–Crippen LogP) is 4.98. The fourth-order valence-corrected chi connectivity index (χ4v) is 2.33. The Hall–Kier alpha value is -2.73. The van der Waals surface area contributed by atoms with Crippen molar-refractivity contribution in [3.05, 3.63) is 82.7 Å². The van der Waals surface area contributed by atoms with Crippen molar-refractivity contribution in [3.8, 4) is 0 Å². The lowest BCUT2D eigenvalue weighted by Crippen LogP contribution is -2.13. The summed E-state index contributed by atoms with van der Waals surface area (Å²) in [5.74, 6) is -0.429. The molecule has 3 aromatic rings. The molecule has 2 aromatic carbocycles. The van der Waals surface area contributed by atoms with Gasteiger partial charge in [0.1, 0.15) is 11.6 Å². The van der Waals surface area contributed by atoms with Gasteiger partial charge in [0.05, 0.1) is 17.4 Å². The second kappa shape index (κ2) is 7.23. The highest BCUT2D eigenvalue weighted by Gasteiger charge is 2.11. The Morgan fingerprint density at radius 1 is 0.958 bits per heavy atom. The number of benzene rings is 2. The number of carbonyl (C=O) groups excluding carboxylic acids is 1. The maximum Gasteiger partial charge on any atom is 0.258 e. The summed E-state index contributed by atoms with van der Waals surface area (Å²) in [6.45, 7) is 0. The molecule has 0 aliphatic heterocycles. The summed E-state index contributed by atoms with van der Waals surface area (Å²) >= 11 is 3.38. The first-order chi connectivity index (χ1) is 11.6. The van der Waals surface area contributed by atoms with E-state index in [2.05, 4.69) is 31.5 Å². The van der Waals surface area contributed by atoms with E-state index in [1.165, 1.54) is 24.4 Å². The predicted molar refractivity (Wildman–Crippen MR) is 96.0 cm³/mol. The van der Waals surface area contributed by atoms with Crippen molar-refractivity contribution in [3.63, 3.8) is 0 Å². The topological polar surface area (TPSA) is 54.0 Å². The Bertz CT molecular complexity index is 851. The van der Waals surface area contributed by atoms with Crippen LogP contribution in [0.2, 0.25) is 0 Å². The van der Waals surface area contributed by atoms with Crippen LogP contribution in [-0.2, 0) is 0 Å². The molecular weight excluding hydrogens is 373 g/mol. The smallest absolute Gasteiger partial charge is 0.258 e. The van der Waals surface area contributed by atoms with Crippen LogP contribution in [0.25, 0.3) is 0 Å². The van der Waals surface area contributed by atoms with Gasteiger partial charge in [-0.1, -0.05) is 28.1 Å². The van der Waals surface area contributed by atoms with Crippen molar-refractivity contribution < 1.29 is 9.18 Å².